The first kappa shape index (κ1) is 14.4. The number of aliphatic hydroxyl groups excluding tert-OH is 1. The molecule has 0 radical (unpaired) electrons. The molecule has 0 spiro atoms. The molecule has 0 aliphatic heterocycles. The van der Waals surface area contributed by atoms with Gasteiger partial charge in [0.1, 0.15) is 6.61 Å². The molecule has 0 unspecified atom stereocenters. The van der Waals surface area contributed by atoms with Crippen molar-refractivity contribution < 1.29 is 55.5 Å². The molecule has 0 saturated heterocycles. The molecule has 0 aliphatic rings. The summed E-state index contributed by atoms with van der Waals surface area (Å²) in [5.74, 6) is -1.59. The van der Waals surface area contributed by atoms with Gasteiger partial charge in [-0.25, -0.2) is 0 Å². The number of rotatable bonds is 5. The summed E-state index contributed by atoms with van der Waals surface area (Å²) in [7, 11) is 0. The Morgan fingerprint density at radius 2 is 1.92 bits per heavy atom. The predicted octanol–water partition coefficient (Wildman–Crippen LogP) is -3.50. The minimum absolute atomic E-state index is 0. The maximum absolute atomic E-state index is 10.4. The van der Waals surface area contributed by atoms with Gasteiger partial charge in [0.05, 0.1) is 19.4 Å². The molecule has 0 heterocycles. The van der Waals surface area contributed by atoms with Crippen LogP contribution in [0, 0.1) is 0 Å². The van der Waals surface area contributed by atoms with Crippen molar-refractivity contribution in [1.29, 1.82) is 0 Å². The molecule has 0 aromatic heterocycles. The standard InChI is InChI=1S/C6H10O5.Na.H/c7-3-1-6(10)11-4-2-5(8)9;;/h7H,1-4H2,(H,8,9);;/q;+1;-1. The molecule has 2 N–H and O–H groups in total. The van der Waals surface area contributed by atoms with Crippen LogP contribution in [0.1, 0.15) is 14.3 Å². The Kier molecular flexibility index (Phi) is 10.8. The van der Waals surface area contributed by atoms with E-state index in [1.54, 1.807) is 0 Å². The van der Waals surface area contributed by atoms with E-state index in [0.29, 0.717) is 0 Å². The molecule has 0 aromatic rings. The van der Waals surface area contributed by atoms with Gasteiger partial charge in [0.2, 0.25) is 0 Å². The van der Waals surface area contributed by atoms with E-state index in [1.807, 2.05) is 0 Å². The van der Waals surface area contributed by atoms with Gasteiger partial charge in [-0.3, -0.25) is 9.59 Å². The zero-order chi connectivity index (χ0) is 8.69. The maximum atomic E-state index is 10.4. The quantitative estimate of drug-likeness (QED) is 0.344. The molecule has 0 rings (SSSR count). The van der Waals surface area contributed by atoms with Gasteiger partial charge in [-0.05, 0) is 0 Å². The van der Waals surface area contributed by atoms with Crippen molar-refractivity contribution in [1.82, 2.24) is 0 Å². The average Bonchev–Trinajstić information content (AvgIpc) is 1.87. The number of aliphatic carboxylic acids is 1. The molecule has 0 bridgehead atoms. The first-order valence-corrected chi connectivity index (χ1v) is 3.15. The second-order valence-electron chi connectivity index (χ2n) is 1.84. The summed E-state index contributed by atoms with van der Waals surface area (Å²) in [6.07, 6.45) is -0.281. The van der Waals surface area contributed by atoms with Gasteiger partial charge in [-0.2, -0.15) is 0 Å². The van der Waals surface area contributed by atoms with Crippen LogP contribution in [0.4, 0.5) is 0 Å². The van der Waals surface area contributed by atoms with Crippen molar-refractivity contribution in [3.8, 4) is 0 Å². The normalized spacial score (nSPS) is 8.42. The smallest absolute Gasteiger partial charge is 1.00 e. The van der Waals surface area contributed by atoms with Crippen LogP contribution in [0.3, 0.4) is 0 Å². The molecule has 0 amide bonds. The third-order valence-electron chi connectivity index (χ3n) is 0.895. The van der Waals surface area contributed by atoms with Crippen molar-refractivity contribution in [3.63, 3.8) is 0 Å². The third-order valence-corrected chi connectivity index (χ3v) is 0.895. The number of ether oxygens (including phenoxy) is 1. The Morgan fingerprint density at radius 1 is 1.33 bits per heavy atom. The fourth-order valence-corrected chi connectivity index (χ4v) is 0.416. The Hall–Kier alpha value is -0.100. The molecule has 0 aromatic carbocycles. The molecule has 0 aliphatic carbocycles. The SMILES string of the molecule is O=C(O)CCOC(=O)CCO.[H-].[Na+]. The molecule has 5 nitrogen and oxygen atoms in total. The number of esters is 1. The van der Waals surface area contributed by atoms with Crippen molar-refractivity contribution in [2.24, 2.45) is 0 Å². The number of hydrogen-bond acceptors (Lipinski definition) is 4. The van der Waals surface area contributed by atoms with Crippen LogP contribution in [-0.4, -0.2) is 35.4 Å². The van der Waals surface area contributed by atoms with Crippen LogP contribution in [0.25, 0.3) is 0 Å². The molecule has 0 fully saturated rings. The van der Waals surface area contributed by atoms with Gasteiger partial charge in [0.15, 0.2) is 0 Å². The minimum Gasteiger partial charge on any atom is -1.00 e. The fourth-order valence-electron chi connectivity index (χ4n) is 0.416. The monoisotopic (exact) mass is 186 g/mol. The van der Waals surface area contributed by atoms with Crippen LogP contribution < -0.4 is 29.6 Å². The second-order valence-corrected chi connectivity index (χ2v) is 1.84. The van der Waals surface area contributed by atoms with E-state index < -0.39 is 11.9 Å². The first-order chi connectivity index (χ1) is 5.16. The van der Waals surface area contributed by atoms with E-state index in [0.717, 1.165) is 0 Å². The van der Waals surface area contributed by atoms with E-state index in [2.05, 4.69) is 4.74 Å². The van der Waals surface area contributed by atoms with Crippen LogP contribution in [-0.2, 0) is 14.3 Å². The Morgan fingerprint density at radius 3 is 2.33 bits per heavy atom. The summed E-state index contributed by atoms with van der Waals surface area (Å²) in [6, 6.07) is 0. The largest absolute Gasteiger partial charge is 1.00 e. The summed E-state index contributed by atoms with van der Waals surface area (Å²) < 4.78 is 4.41. The summed E-state index contributed by atoms with van der Waals surface area (Å²) in [5, 5.41) is 16.3. The number of carbonyl (C=O) groups is 2. The summed E-state index contributed by atoms with van der Waals surface area (Å²) in [6.45, 7) is -0.403. The zero-order valence-corrected chi connectivity index (χ0v) is 8.95. The maximum Gasteiger partial charge on any atom is 1.00 e. The number of aliphatic hydroxyl groups is 1. The van der Waals surface area contributed by atoms with Crippen molar-refractivity contribution in [2.75, 3.05) is 13.2 Å². The van der Waals surface area contributed by atoms with Crippen molar-refractivity contribution >= 4 is 11.9 Å². The molecular weight excluding hydrogens is 175 g/mol. The van der Waals surface area contributed by atoms with Gasteiger partial charge in [-0.1, -0.05) is 0 Å². The van der Waals surface area contributed by atoms with Gasteiger partial charge in [0, 0.05) is 0 Å². The number of hydrogen-bond donors (Lipinski definition) is 2. The molecule has 6 heteroatoms. The van der Waals surface area contributed by atoms with Gasteiger partial charge < -0.3 is 16.4 Å². The van der Waals surface area contributed by atoms with Gasteiger partial charge in [0.25, 0.3) is 0 Å². The fraction of sp³-hybridized carbons (Fsp3) is 0.667. The Bertz CT molecular complexity index is 152. The minimum atomic E-state index is -1.01. The van der Waals surface area contributed by atoms with Crippen molar-refractivity contribution in [3.05, 3.63) is 0 Å². The number of carboxylic acid groups (broad SMARTS) is 1. The van der Waals surface area contributed by atoms with Crippen molar-refractivity contribution in [2.45, 2.75) is 12.8 Å². The van der Waals surface area contributed by atoms with Gasteiger partial charge in [-0.15, -0.1) is 0 Å². The van der Waals surface area contributed by atoms with Crippen LogP contribution in [0.2, 0.25) is 0 Å². The van der Waals surface area contributed by atoms with E-state index >= 15 is 0 Å². The molecule has 0 atom stereocenters. The topological polar surface area (TPSA) is 83.8 Å². The molecule has 12 heavy (non-hydrogen) atoms. The Labute approximate surface area is 93.5 Å². The van der Waals surface area contributed by atoms with Crippen LogP contribution >= 0.6 is 0 Å². The molecule has 0 saturated carbocycles. The predicted molar refractivity (Wildman–Crippen MR) is 36.0 cm³/mol. The zero-order valence-electron chi connectivity index (χ0n) is 7.95. The first-order valence-electron chi connectivity index (χ1n) is 3.15. The second kappa shape index (κ2) is 8.99. The summed E-state index contributed by atoms with van der Waals surface area (Å²) in [4.78, 5) is 20.3. The van der Waals surface area contributed by atoms with Crippen LogP contribution in [0.5, 0.6) is 0 Å². The summed E-state index contributed by atoms with van der Waals surface area (Å²) in [5.41, 5.74) is 0. The van der Waals surface area contributed by atoms with E-state index in [9.17, 15) is 9.59 Å². The number of carbonyl (C=O) groups excluding carboxylic acids is 1. The van der Waals surface area contributed by atoms with E-state index in [4.69, 9.17) is 10.2 Å². The van der Waals surface area contributed by atoms with E-state index in [1.165, 1.54) is 0 Å². The number of carboxylic acids is 1. The third kappa shape index (κ3) is 9.90. The molecule has 66 valence electrons. The van der Waals surface area contributed by atoms with E-state index in [-0.39, 0.29) is 57.0 Å². The van der Waals surface area contributed by atoms with Gasteiger partial charge >= 0.3 is 41.5 Å². The average molecular weight is 186 g/mol. The molecular formula is C6H11NaO5. The van der Waals surface area contributed by atoms with Crippen LogP contribution in [0.15, 0.2) is 0 Å². The summed E-state index contributed by atoms with van der Waals surface area (Å²) >= 11 is 0. The Balaban J connectivity index is -0.000000500.